The minimum atomic E-state index is -2.63. The number of rotatable bonds is 6. The van der Waals surface area contributed by atoms with Gasteiger partial charge in [-0.1, -0.05) is 81.4 Å². The fourth-order valence-electron chi connectivity index (χ4n) is 3.67. The predicted octanol–water partition coefficient (Wildman–Crippen LogP) is 2.92. The van der Waals surface area contributed by atoms with Crippen LogP contribution in [-0.2, 0) is 14.0 Å². The van der Waals surface area contributed by atoms with Crippen molar-refractivity contribution in [3.8, 4) is 0 Å². The third-order valence-corrected chi connectivity index (χ3v) is 10.1. The first kappa shape index (κ1) is 18.1. The van der Waals surface area contributed by atoms with Gasteiger partial charge in [0.2, 0.25) is 0 Å². The van der Waals surface area contributed by atoms with E-state index in [1.54, 1.807) is 0 Å². The second-order valence-electron chi connectivity index (χ2n) is 7.81. The van der Waals surface area contributed by atoms with E-state index in [4.69, 9.17) is 9.16 Å². The number of aldehydes is 1. The smallest absolute Gasteiger partial charge is 0.262 e. The zero-order valence-electron chi connectivity index (χ0n) is 15.2. The number of hydrogen-bond acceptors (Lipinski definition) is 3. The highest BCUT2D eigenvalue weighted by Crippen LogP contribution is 2.41. The summed E-state index contributed by atoms with van der Waals surface area (Å²) in [6, 6.07) is 21.0. The average Bonchev–Trinajstić information content (AvgIpc) is 2.58. The van der Waals surface area contributed by atoms with Crippen molar-refractivity contribution in [1.29, 1.82) is 0 Å². The standard InChI is InChI=1S/C21H26O3Si/c1-20(2,3)25(18-10-6-4-7-11-18,19-12-8-5-9-13-19)24-21(14-15-22)16-23-17-21/h4-13,15H,14,16-17H2,1-3H3. The van der Waals surface area contributed by atoms with Crippen LogP contribution in [0.1, 0.15) is 27.2 Å². The molecule has 0 N–H and O–H groups in total. The Morgan fingerprint density at radius 1 is 1.00 bits per heavy atom. The summed E-state index contributed by atoms with van der Waals surface area (Å²) >= 11 is 0. The van der Waals surface area contributed by atoms with Gasteiger partial charge in [0.1, 0.15) is 11.9 Å². The summed E-state index contributed by atoms with van der Waals surface area (Å²) in [6.07, 6.45) is 1.33. The molecule has 132 valence electrons. The van der Waals surface area contributed by atoms with E-state index in [1.807, 2.05) is 12.1 Å². The van der Waals surface area contributed by atoms with E-state index < -0.39 is 13.9 Å². The molecule has 0 bridgehead atoms. The summed E-state index contributed by atoms with van der Waals surface area (Å²) in [5, 5.41) is 2.36. The lowest BCUT2D eigenvalue weighted by Gasteiger charge is -2.52. The van der Waals surface area contributed by atoms with Crippen molar-refractivity contribution < 1.29 is 14.0 Å². The van der Waals surface area contributed by atoms with E-state index in [0.29, 0.717) is 19.6 Å². The molecule has 0 saturated carbocycles. The zero-order valence-corrected chi connectivity index (χ0v) is 16.2. The first-order valence-corrected chi connectivity index (χ1v) is 10.7. The number of carbonyl (C=O) groups excluding carboxylic acids is 1. The van der Waals surface area contributed by atoms with Crippen LogP contribution in [0.3, 0.4) is 0 Å². The quantitative estimate of drug-likeness (QED) is 0.591. The molecule has 0 atom stereocenters. The van der Waals surface area contributed by atoms with Crippen LogP contribution in [0.2, 0.25) is 5.04 Å². The molecule has 0 aliphatic carbocycles. The van der Waals surface area contributed by atoms with Crippen LogP contribution >= 0.6 is 0 Å². The first-order chi connectivity index (χ1) is 11.9. The molecule has 4 heteroatoms. The molecule has 2 aromatic rings. The van der Waals surface area contributed by atoms with Crippen molar-refractivity contribution in [2.45, 2.75) is 37.8 Å². The fourth-order valence-corrected chi connectivity index (χ4v) is 8.46. The zero-order chi connectivity index (χ0) is 18.0. The Hall–Kier alpha value is -1.75. The molecule has 3 nitrogen and oxygen atoms in total. The Balaban J connectivity index is 2.21. The molecule has 0 radical (unpaired) electrons. The summed E-state index contributed by atoms with van der Waals surface area (Å²) in [5.41, 5.74) is -0.507. The van der Waals surface area contributed by atoms with E-state index >= 15 is 0 Å². The van der Waals surface area contributed by atoms with E-state index in [2.05, 4.69) is 69.3 Å². The Bertz CT molecular complexity index is 663. The molecule has 0 aromatic heterocycles. The SMILES string of the molecule is CC(C)(C)[Si](OC1(CC=O)COC1)(c1ccccc1)c1ccccc1. The highest BCUT2D eigenvalue weighted by molar-refractivity contribution is 6.99. The van der Waals surface area contributed by atoms with Gasteiger partial charge in [0.25, 0.3) is 8.32 Å². The Morgan fingerprint density at radius 3 is 1.80 bits per heavy atom. The molecule has 0 amide bonds. The van der Waals surface area contributed by atoms with Gasteiger partial charge in [-0.05, 0) is 15.4 Å². The molecule has 1 aliphatic heterocycles. The van der Waals surface area contributed by atoms with E-state index in [-0.39, 0.29) is 5.04 Å². The highest BCUT2D eigenvalue weighted by atomic mass is 28.4. The summed E-state index contributed by atoms with van der Waals surface area (Å²) in [5.74, 6) is 0. The van der Waals surface area contributed by atoms with Gasteiger partial charge in [0.15, 0.2) is 0 Å². The Labute approximate surface area is 151 Å². The molecular weight excluding hydrogens is 328 g/mol. The summed E-state index contributed by atoms with van der Waals surface area (Å²) in [7, 11) is -2.63. The number of hydrogen-bond donors (Lipinski definition) is 0. The molecule has 25 heavy (non-hydrogen) atoms. The van der Waals surface area contributed by atoms with Gasteiger partial charge in [-0.25, -0.2) is 0 Å². The van der Waals surface area contributed by atoms with E-state index in [0.717, 1.165) is 6.29 Å². The topological polar surface area (TPSA) is 35.5 Å². The largest absolute Gasteiger partial charge is 0.397 e. The highest BCUT2D eigenvalue weighted by Gasteiger charge is 2.56. The monoisotopic (exact) mass is 354 g/mol. The maximum absolute atomic E-state index is 11.3. The number of ether oxygens (including phenoxy) is 1. The third kappa shape index (κ3) is 3.22. The minimum Gasteiger partial charge on any atom is -0.397 e. The van der Waals surface area contributed by atoms with Crippen molar-refractivity contribution >= 4 is 25.0 Å². The summed E-state index contributed by atoms with van der Waals surface area (Å²) < 4.78 is 12.5. The normalized spacial score (nSPS) is 16.9. The van der Waals surface area contributed by atoms with Crippen molar-refractivity contribution in [3.63, 3.8) is 0 Å². The molecule has 2 aromatic carbocycles. The first-order valence-electron chi connectivity index (χ1n) is 8.76. The van der Waals surface area contributed by atoms with Gasteiger partial charge in [0.05, 0.1) is 13.2 Å². The molecule has 1 heterocycles. The maximum Gasteiger partial charge on any atom is 0.262 e. The second kappa shape index (κ2) is 6.87. The molecule has 1 fully saturated rings. The lowest BCUT2D eigenvalue weighted by Crippen LogP contribution is -2.72. The molecule has 3 rings (SSSR count). The molecular formula is C21H26O3Si. The van der Waals surface area contributed by atoms with Gasteiger partial charge in [-0.2, -0.15) is 0 Å². The van der Waals surface area contributed by atoms with Crippen LogP contribution in [0, 0.1) is 0 Å². The van der Waals surface area contributed by atoms with Crippen molar-refractivity contribution in [1.82, 2.24) is 0 Å². The molecule has 1 aliphatic rings. The van der Waals surface area contributed by atoms with Gasteiger partial charge >= 0.3 is 0 Å². The van der Waals surface area contributed by atoms with E-state index in [1.165, 1.54) is 10.4 Å². The lowest BCUT2D eigenvalue weighted by molar-refractivity contribution is -0.170. The summed E-state index contributed by atoms with van der Waals surface area (Å²) in [4.78, 5) is 11.3. The van der Waals surface area contributed by atoms with Gasteiger partial charge in [-0.15, -0.1) is 0 Å². The van der Waals surface area contributed by atoms with Crippen LogP contribution in [0.15, 0.2) is 60.7 Å². The lowest BCUT2D eigenvalue weighted by atomic mass is 9.99. The molecule has 0 spiro atoms. The van der Waals surface area contributed by atoms with Gasteiger partial charge in [0, 0.05) is 6.42 Å². The van der Waals surface area contributed by atoms with Crippen LogP contribution < -0.4 is 10.4 Å². The minimum absolute atomic E-state index is 0.0961. The third-order valence-electron chi connectivity index (χ3n) is 4.97. The summed E-state index contributed by atoms with van der Waals surface area (Å²) in [6.45, 7) is 7.69. The van der Waals surface area contributed by atoms with Crippen LogP contribution in [0.25, 0.3) is 0 Å². The Kier molecular flexibility index (Phi) is 4.96. The van der Waals surface area contributed by atoms with Gasteiger partial charge < -0.3 is 14.0 Å². The number of benzene rings is 2. The van der Waals surface area contributed by atoms with Crippen LogP contribution in [-0.4, -0.2) is 33.4 Å². The van der Waals surface area contributed by atoms with E-state index in [9.17, 15) is 4.79 Å². The average molecular weight is 355 g/mol. The van der Waals surface area contributed by atoms with Crippen LogP contribution in [0.4, 0.5) is 0 Å². The number of carbonyl (C=O) groups is 1. The fraction of sp³-hybridized carbons (Fsp3) is 0.381. The molecule has 0 unspecified atom stereocenters. The van der Waals surface area contributed by atoms with Crippen LogP contribution in [0.5, 0.6) is 0 Å². The Morgan fingerprint density at radius 2 is 1.48 bits per heavy atom. The van der Waals surface area contributed by atoms with Crippen molar-refractivity contribution in [3.05, 3.63) is 60.7 Å². The van der Waals surface area contributed by atoms with Crippen molar-refractivity contribution in [2.24, 2.45) is 0 Å². The second-order valence-corrected chi connectivity index (χ2v) is 12.0. The molecule has 1 saturated heterocycles. The van der Waals surface area contributed by atoms with Gasteiger partial charge in [-0.3, -0.25) is 0 Å². The predicted molar refractivity (Wildman–Crippen MR) is 103 cm³/mol. The van der Waals surface area contributed by atoms with Crippen molar-refractivity contribution in [2.75, 3.05) is 13.2 Å². The maximum atomic E-state index is 11.3.